The fourth-order valence-corrected chi connectivity index (χ4v) is 1.77. The fourth-order valence-electron chi connectivity index (χ4n) is 1.23. The molecule has 1 rings (SSSR count). The van der Waals surface area contributed by atoms with E-state index in [9.17, 15) is 0 Å². The molecule has 0 saturated carbocycles. The number of amidine groups is 1. The average Bonchev–Trinajstić information content (AvgIpc) is 2.76. The quantitative estimate of drug-likeness (QED) is 0.295. The molecule has 84 valence electrons. The molecule has 0 amide bonds. The number of aromatic nitrogens is 1. The first kappa shape index (κ1) is 11.9. The van der Waals surface area contributed by atoms with Crippen LogP contribution in [0.2, 0.25) is 0 Å². The predicted octanol–water partition coefficient (Wildman–Crippen LogP) is 1.15. The maximum atomic E-state index is 8.46. The van der Waals surface area contributed by atoms with Gasteiger partial charge in [0, 0.05) is 30.1 Å². The lowest BCUT2D eigenvalue weighted by Crippen LogP contribution is -2.32. The molecule has 5 nitrogen and oxygen atoms in total. The Labute approximate surface area is 93.0 Å². The van der Waals surface area contributed by atoms with E-state index >= 15 is 0 Å². The molecule has 0 aliphatic rings. The van der Waals surface area contributed by atoms with Gasteiger partial charge in [-0.2, -0.15) is 0 Å². The van der Waals surface area contributed by atoms with Gasteiger partial charge in [-0.1, -0.05) is 12.1 Å². The Balaban J connectivity index is 2.34. The molecule has 0 spiro atoms. The molecular formula is C9H16N4OS. The lowest BCUT2D eigenvalue weighted by molar-refractivity contribution is 0.315. The van der Waals surface area contributed by atoms with E-state index in [2.05, 4.69) is 22.4 Å². The summed E-state index contributed by atoms with van der Waals surface area (Å²) in [5.74, 6) is 0.263. The molecular weight excluding hydrogens is 212 g/mol. The molecule has 0 bridgehead atoms. The minimum atomic E-state index is 0.239. The number of hydrogen-bond acceptors (Lipinski definition) is 5. The first-order valence-electron chi connectivity index (χ1n) is 4.83. The van der Waals surface area contributed by atoms with Gasteiger partial charge in [0.05, 0.1) is 5.51 Å². The van der Waals surface area contributed by atoms with E-state index < -0.39 is 0 Å². The summed E-state index contributed by atoms with van der Waals surface area (Å²) in [6.07, 6.45) is 3.34. The lowest BCUT2D eigenvalue weighted by Gasteiger charge is -2.15. The van der Waals surface area contributed by atoms with E-state index in [1.807, 2.05) is 11.7 Å². The molecule has 1 aromatic heterocycles. The zero-order valence-corrected chi connectivity index (χ0v) is 9.50. The van der Waals surface area contributed by atoms with Crippen LogP contribution in [0.25, 0.3) is 0 Å². The van der Waals surface area contributed by atoms with Crippen molar-refractivity contribution < 1.29 is 5.21 Å². The van der Waals surface area contributed by atoms with Crippen molar-refractivity contribution in [3.05, 3.63) is 16.6 Å². The maximum absolute atomic E-state index is 8.46. The monoisotopic (exact) mass is 228 g/mol. The smallest absolute Gasteiger partial charge is 0.140 e. The van der Waals surface area contributed by atoms with Gasteiger partial charge in [-0.15, -0.1) is 11.3 Å². The number of thiazole rings is 1. The van der Waals surface area contributed by atoms with Gasteiger partial charge in [-0.05, 0) is 6.42 Å². The highest BCUT2D eigenvalue weighted by Crippen LogP contribution is 2.06. The Bertz CT molecular complexity index is 299. The molecule has 1 heterocycles. The van der Waals surface area contributed by atoms with Crippen LogP contribution in [0.5, 0.6) is 0 Å². The number of oxime groups is 1. The van der Waals surface area contributed by atoms with E-state index in [0.29, 0.717) is 6.42 Å². The first-order valence-corrected chi connectivity index (χ1v) is 5.71. The number of nitrogens with two attached hydrogens (primary N) is 1. The average molecular weight is 228 g/mol. The van der Waals surface area contributed by atoms with Gasteiger partial charge in [-0.25, -0.2) is 0 Å². The fraction of sp³-hybridized carbons (Fsp3) is 0.556. The normalized spacial score (nSPS) is 14.1. The molecule has 0 aliphatic carbocycles. The van der Waals surface area contributed by atoms with E-state index in [4.69, 9.17) is 10.9 Å². The molecule has 0 saturated heterocycles. The van der Waals surface area contributed by atoms with Crippen molar-refractivity contribution in [2.75, 3.05) is 0 Å². The summed E-state index contributed by atoms with van der Waals surface area (Å²) in [5, 5.41) is 14.8. The summed E-state index contributed by atoms with van der Waals surface area (Å²) in [6.45, 7) is 2.84. The summed E-state index contributed by atoms with van der Waals surface area (Å²) < 4.78 is 0. The number of rotatable bonds is 6. The molecule has 1 atom stereocenters. The second-order valence-electron chi connectivity index (χ2n) is 3.25. The first-order chi connectivity index (χ1) is 7.26. The third-order valence-electron chi connectivity index (χ3n) is 2.13. The summed E-state index contributed by atoms with van der Waals surface area (Å²) in [5.41, 5.74) is 7.26. The van der Waals surface area contributed by atoms with Crippen LogP contribution < -0.4 is 11.1 Å². The van der Waals surface area contributed by atoms with E-state index in [0.717, 1.165) is 13.0 Å². The highest BCUT2D eigenvalue weighted by molar-refractivity contribution is 7.09. The minimum Gasteiger partial charge on any atom is -0.409 e. The number of nitrogens with one attached hydrogen (secondary N) is 1. The van der Waals surface area contributed by atoms with Gasteiger partial charge < -0.3 is 16.3 Å². The van der Waals surface area contributed by atoms with Crippen molar-refractivity contribution >= 4 is 17.2 Å². The van der Waals surface area contributed by atoms with E-state index in [-0.39, 0.29) is 11.9 Å². The van der Waals surface area contributed by atoms with Gasteiger partial charge in [-0.3, -0.25) is 4.98 Å². The van der Waals surface area contributed by atoms with Crippen LogP contribution in [0.3, 0.4) is 0 Å². The Morgan fingerprint density at radius 2 is 2.60 bits per heavy atom. The highest BCUT2D eigenvalue weighted by atomic mass is 32.1. The minimum absolute atomic E-state index is 0.239. The molecule has 15 heavy (non-hydrogen) atoms. The summed E-state index contributed by atoms with van der Waals surface area (Å²) >= 11 is 1.62. The SMILES string of the molecule is CCC(CC(N)=NO)NCc1cncs1. The third kappa shape index (κ3) is 4.26. The zero-order valence-electron chi connectivity index (χ0n) is 8.68. The maximum Gasteiger partial charge on any atom is 0.140 e. The molecule has 0 radical (unpaired) electrons. The van der Waals surface area contributed by atoms with Gasteiger partial charge in [0.2, 0.25) is 0 Å². The van der Waals surface area contributed by atoms with Crippen molar-refractivity contribution in [3.63, 3.8) is 0 Å². The summed E-state index contributed by atoms with van der Waals surface area (Å²) in [7, 11) is 0. The zero-order chi connectivity index (χ0) is 11.1. The molecule has 0 aliphatic heterocycles. The number of nitrogens with zero attached hydrogens (tertiary/aromatic N) is 2. The number of hydrogen-bond donors (Lipinski definition) is 3. The van der Waals surface area contributed by atoms with E-state index in [1.54, 1.807) is 11.3 Å². The van der Waals surface area contributed by atoms with E-state index in [1.165, 1.54) is 4.88 Å². The van der Waals surface area contributed by atoms with Crippen LogP contribution in [0.4, 0.5) is 0 Å². The van der Waals surface area contributed by atoms with Crippen molar-refractivity contribution in [2.24, 2.45) is 10.9 Å². The van der Waals surface area contributed by atoms with Gasteiger partial charge in [0.15, 0.2) is 0 Å². The van der Waals surface area contributed by atoms with Gasteiger partial charge >= 0.3 is 0 Å². The van der Waals surface area contributed by atoms with Crippen LogP contribution in [-0.4, -0.2) is 22.1 Å². The molecule has 4 N–H and O–H groups in total. The predicted molar refractivity (Wildman–Crippen MR) is 61.1 cm³/mol. The highest BCUT2D eigenvalue weighted by Gasteiger charge is 2.08. The summed E-state index contributed by atoms with van der Waals surface area (Å²) in [6, 6.07) is 0.239. The topological polar surface area (TPSA) is 83.5 Å². The molecule has 1 unspecified atom stereocenters. The van der Waals surface area contributed by atoms with Crippen LogP contribution in [0.15, 0.2) is 16.9 Å². The van der Waals surface area contributed by atoms with Crippen LogP contribution in [-0.2, 0) is 6.54 Å². The van der Waals surface area contributed by atoms with Gasteiger partial charge in [0.25, 0.3) is 0 Å². The summed E-state index contributed by atoms with van der Waals surface area (Å²) in [4.78, 5) is 5.18. The Hall–Kier alpha value is -1.14. The van der Waals surface area contributed by atoms with Crippen LogP contribution in [0, 0.1) is 0 Å². The third-order valence-corrected chi connectivity index (χ3v) is 2.90. The van der Waals surface area contributed by atoms with Crippen molar-refractivity contribution in [1.29, 1.82) is 0 Å². The molecule has 6 heteroatoms. The Kier molecular flexibility index (Phi) is 5.06. The molecule has 1 aromatic rings. The lowest BCUT2D eigenvalue weighted by atomic mass is 10.1. The van der Waals surface area contributed by atoms with Crippen molar-refractivity contribution in [3.8, 4) is 0 Å². The largest absolute Gasteiger partial charge is 0.409 e. The van der Waals surface area contributed by atoms with Crippen molar-refractivity contribution in [2.45, 2.75) is 32.4 Å². The van der Waals surface area contributed by atoms with Gasteiger partial charge in [0.1, 0.15) is 5.84 Å². The van der Waals surface area contributed by atoms with Crippen LogP contribution in [0.1, 0.15) is 24.6 Å². The van der Waals surface area contributed by atoms with Crippen LogP contribution >= 0.6 is 11.3 Å². The second kappa shape index (κ2) is 6.36. The standard InChI is InChI=1S/C9H16N4OS/c1-2-7(3-9(10)13-14)12-5-8-4-11-6-15-8/h4,6-7,12,14H,2-3,5H2,1H3,(H2,10,13). The Morgan fingerprint density at radius 1 is 1.80 bits per heavy atom. The molecule has 0 aromatic carbocycles. The van der Waals surface area contributed by atoms with Crippen molar-refractivity contribution in [1.82, 2.24) is 10.3 Å². The second-order valence-corrected chi connectivity index (χ2v) is 4.22. The Morgan fingerprint density at radius 3 is 3.13 bits per heavy atom. The molecule has 0 fully saturated rings.